The largest absolute Gasteiger partial charge is 0.356 e. The van der Waals surface area contributed by atoms with E-state index in [1.54, 1.807) is 13.8 Å². The molecule has 2 aromatic rings. The van der Waals surface area contributed by atoms with Gasteiger partial charge in [0.25, 0.3) is 5.91 Å². The van der Waals surface area contributed by atoms with Crippen molar-refractivity contribution in [3.8, 4) is 0 Å². The summed E-state index contributed by atoms with van der Waals surface area (Å²) in [5, 5.41) is 9.77. The number of carbonyl (C=O) groups excluding carboxylic acids is 3. The van der Waals surface area contributed by atoms with Crippen LogP contribution in [0.1, 0.15) is 25.8 Å². The molecule has 0 bridgehead atoms. The van der Waals surface area contributed by atoms with Crippen molar-refractivity contribution in [3.05, 3.63) is 60.2 Å². The lowest BCUT2D eigenvalue weighted by atomic mass is 10.1. The number of hydrazone groups is 1. The highest BCUT2D eigenvalue weighted by Crippen LogP contribution is 2.17. The fraction of sp³-hybridized carbons (Fsp3) is 0.238. The van der Waals surface area contributed by atoms with E-state index < -0.39 is 11.6 Å². The summed E-state index contributed by atoms with van der Waals surface area (Å²) >= 11 is 0. The normalized spacial score (nSPS) is 15.4. The summed E-state index contributed by atoms with van der Waals surface area (Å²) in [6.07, 6.45) is 1.51. The maximum absolute atomic E-state index is 12.1. The molecule has 8 nitrogen and oxygen atoms in total. The van der Waals surface area contributed by atoms with Gasteiger partial charge in [-0.1, -0.05) is 30.3 Å². The van der Waals surface area contributed by atoms with E-state index in [4.69, 9.17) is 0 Å². The van der Waals surface area contributed by atoms with Gasteiger partial charge in [0.1, 0.15) is 5.54 Å². The molecule has 0 saturated carbocycles. The molecule has 1 aliphatic heterocycles. The minimum absolute atomic E-state index is 0.00923. The minimum atomic E-state index is -0.937. The molecule has 29 heavy (non-hydrogen) atoms. The lowest BCUT2D eigenvalue weighted by Crippen LogP contribution is -2.40. The highest BCUT2D eigenvalue weighted by atomic mass is 16.2. The van der Waals surface area contributed by atoms with Gasteiger partial charge in [-0.3, -0.25) is 14.5 Å². The zero-order chi connectivity index (χ0) is 20.9. The highest BCUT2D eigenvalue weighted by molar-refractivity contribution is 6.06. The Kier molecular flexibility index (Phi) is 5.92. The number of anilines is 2. The molecule has 1 aliphatic rings. The molecule has 3 rings (SSSR count). The molecule has 0 aliphatic carbocycles. The maximum Gasteiger partial charge on any atom is 0.325 e. The Bertz CT molecular complexity index is 923. The number of benzene rings is 2. The van der Waals surface area contributed by atoms with Crippen LogP contribution >= 0.6 is 0 Å². The third-order valence-corrected chi connectivity index (χ3v) is 4.38. The standard InChI is InChI=1S/C21H23N5O3/c1-21(2)19(28)26(20(29)24-21)13-12-18(27)25-22-14-15-8-10-17(11-9-15)23-16-6-4-3-5-7-16/h3-11,14,23H,12-13H2,1-2H3,(H,24,29)(H,25,27)/b22-14-. The first kappa shape index (κ1) is 20.1. The van der Waals surface area contributed by atoms with Crippen LogP contribution in [0.3, 0.4) is 0 Å². The first-order valence-electron chi connectivity index (χ1n) is 9.23. The summed E-state index contributed by atoms with van der Waals surface area (Å²) in [5.41, 5.74) is 4.22. The Morgan fingerprint density at radius 2 is 1.72 bits per heavy atom. The highest BCUT2D eigenvalue weighted by Gasteiger charge is 2.43. The van der Waals surface area contributed by atoms with E-state index in [-0.39, 0.29) is 24.8 Å². The van der Waals surface area contributed by atoms with Crippen LogP contribution in [-0.2, 0) is 9.59 Å². The minimum Gasteiger partial charge on any atom is -0.356 e. The Hall–Kier alpha value is -3.68. The van der Waals surface area contributed by atoms with E-state index in [0.29, 0.717) is 0 Å². The molecule has 2 aromatic carbocycles. The van der Waals surface area contributed by atoms with E-state index in [1.807, 2.05) is 54.6 Å². The first-order chi connectivity index (χ1) is 13.8. The molecule has 4 amide bonds. The molecule has 0 unspecified atom stereocenters. The molecule has 3 N–H and O–H groups in total. The number of nitrogens with one attached hydrogen (secondary N) is 3. The van der Waals surface area contributed by atoms with Crippen molar-refractivity contribution < 1.29 is 14.4 Å². The molecule has 1 fully saturated rings. The number of hydrogen-bond donors (Lipinski definition) is 3. The van der Waals surface area contributed by atoms with Crippen LogP contribution in [0, 0.1) is 0 Å². The fourth-order valence-corrected chi connectivity index (χ4v) is 2.81. The SMILES string of the molecule is CC1(C)NC(=O)N(CCC(=O)N/N=C\c2ccc(Nc3ccccc3)cc2)C1=O. The van der Waals surface area contributed by atoms with Gasteiger partial charge in [-0.25, -0.2) is 10.2 Å². The molecule has 0 spiro atoms. The second-order valence-electron chi connectivity index (χ2n) is 7.17. The van der Waals surface area contributed by atoms with Crippen LogP contribution in [0.25, 0.3) is 0 Å². The summed E-state index contributed by atoms with van der Waals surface area (Å²) in [4.78, 5) is 36.8. The topological polar surface area (TPSA) is 103 Å². The number of imide groups is 1. The molecular weight excluding hydrogens is 370 g/mol. The third-order valence-electron chi connectivity index (χ3n) is 4.38. The Balaban J connectivity index is 1.45. The van der Waals surface area contributed by atoms with Crippen molar-refractivity contribution in [2.24, 2.45) is 5.10 Å². The van der Waals surface area contributed by atoms with Crippen molar-refractivity contribution in [3.63, 3.8) is 0 Å². The first-order valence-corrected chi connectivity index (χ1v) is 9.23. The molecule has 0 aromatic heterocycles. The summed E-state index contributed by atoms with van der Waals surface area (Å²) in [7, 11) is 0. The molecule has 0 atom stereocenters. The number of amides is 4. The van der Waals surface area contributed by atoms with Crippen molar-refractivity contribution in [1.82, 2.24) is 15.6 Å². The zero-order valence-corrected chi connectivity index (χ0v) is 16.3. The van der Waals surface area contributed by atoms with E-state index in [1.165, 1.54) is 6.21 Å². The summed E-state index contributed by atoms with van der Waals surface area (Å²) in [5.74, 6) is -0.725. The van der Waals surface area contributed by atoms with E-state index in [2.05, 4.69) is 21.2 Å². The zero-order valence-electron chi connectivity index (χ0n) is 16.3. The summed E-state index contributed by atoms with van der Waals surface area (Å²) < 4.78 is 0. The second kappa shape index (κ2) is 8.55. The fourth-order valence-electron chi connectivity index (χ4n) is 2.81. The molecular formula is C21H23N5O3. The van der Waals surface area contributed by atoms with E-state index >= 15 is 0 Å². The van der Waals surface area contributed by atoms with Gasteiger partial charge in [0.2, 0.25) is 5.91 Å². The number of urea groups is 1. The predicted molar refractivity (Wildman–Crippen MR) is 111 cm³/mol. The average Bonchev–Trinajstić information content (AvgIpc) is 2.89. The molecule has 8 heteroatoms. The van der Waals surface area contributed by atoms with Crippen LogP contribution in [-0.4, -0.2) is 41.0 Å². The molecule has 1 heterocycles. The Morgan fingerprint density at radius 1 is 1.07 bits per heavy atom. The van der Waals surface area contributed by atoms with Gasteiger partial charge in [0, 0.05) is 24.3 Å². The smallest absolute Gasteiger partial charge is 0.325 e. The number of carbonyl (C=O) groups is 3. The number of rotatable bonds is 7. The van der Waals surface area contributed by atoms with Crippen molar-refractivity contribution in [1.29, 1.82) is 0 Å². The van der Waals surface area contributed by atoms with E-state index in [9.17, 15) is 14.4 Å². The van der Waals surface area contributed by atoms with Crippen LogP contribution in [0.15, 0.2) is 59.7 Å². The lowest BCUT2D eigenvalue weighted by Gasteiger charge is -2.15. The van der Waals surface area contributed by atoms with Crippen LogP contribution in [0.2, 0.25) is 0 Å². The van der Waals surface area contributed by atoms with Gasteiger partial charge in [0.05, 0.1) is 6.21 Å². The quantitative estimate of drug-likeness (QED) is 0.382. The Morgan fingerprint density at radius 3 is 2.34 bits per heavy atom. The second-order valence-corrected chi connectivity index (χ2v) is 7.17. The van der Waals surface area contributed by atoms with Crippen molar-refractivity contribution in [2.75, 3.05) is 11.9 Å². The number of para-hydroxylation sites is 1. The van der Waals surface area contributed by atoms with Gasteiger partial charge in [-0.15, -0.1) is 0 Å². The maximum atomic E-state index is 12.1. The predicted octanol–water partition coefficient (Wildman–Crippen LogP) is 2.60. The molecule has 0 radical (unpaired) electrons. The van der Waals surface area contributed by atoms with Gasteiger partial charge >= 0.3 is 6.03 Å². The van der Waals surface area contributed by atoms with Crippen LogP contribution < -0.4 is 16.1 Å². The van der Waals surface area contributed by atoms with Gasteiger partial charge in [0.15, 0.2) is 0 Å². The van der Waals surface area contributed by atoms with Gasteiger partial charge < -0.3 is 10.6 Å². The van der Waals surface area contributed by atoms with Crippen molar-refractivity contribution >= 4 is 35.4 Å². The van der Waals surface area contributed by atoms with E-state index in [0.717, 1.165) is 21.8 Å². The summed E-state index contributed by atoms with van der Waals surface area (Å²) in [6.45, 7) is 3.26. The Labute approximate surface area is 169 Å². The van der Waals surface area contributed by atoms with Gasteiger partial charge in [-0.05, 0) is 43.7 Å². The van der Waals surface area contributed by atoms with Crippen molar-refractivity contribution in [2.45, 2.75) is 25.8 Å². The summed E-state index contributed by atoms with van der Waals surface area (Å²) in [6, 6.07) is 16.9. The van der Waals surface area contributed by atoms with Gasteiger partial charge in [-0.2, -0.15) is 5.10 Å². The lowest BCUT2D eigenvalue weighted by molar-refractivity contribution is -0.130. The molecule has 1 saturated heterocycles. The van der Waals surface area contributed by atoms with Crippen LogP contribution in [0.4, 0.5) is 16.2 Å². The number of nitrogens with zero attached hydrogens (tertiary/aromatic N) is 2. The van der Waals surface area contributed by atoms with Crippen LogP contribution in [0.5, 0.6) is 0 Å². The number of hydrogen-bond acceptors (Lipinski definition) is 5. The molecule has 150 valence electrons. The third kappa shape index (κ3) is 5.19. The average molecular weight is 393 g/mol. The monoisotopic (exact) mass is 393 g/mol.